The summed E-state index contributed by atoms with van der Waals surface area (Å²) in [6, 6.07) is 7.34. The minimum Gasteiger partial charge on any atom is -0.379 e. The van der Waals surface area contributed by atoms with Crippen molar-refractivity contribution in [2.45, 2.75) is 105 Å². The standard InChI is InChI=1S/C16H28N4O2S.C15H25N3O3S.C13H23N3O2S.C11H19N3O2S/c1-16(2,3)14-11-15(13-17-12-14)18-23(21,22)10-9-20-7-5-19(4)6-8-20;1-15(2,3)13-10-14(12-16-11-13)17-22(19,20)9-6-18-4-7-21-8-5-18;1-13(2,3)11-8-12(10-14-9-11)15-19(17,18)7-6-16(4)5;1-11(2,3)9-6-10(8-12-7-9)13-17(15,16)14(4)5/h11-13,18H,5-10H2,1-4H3;10-12,17H,4-9H2,1-3H3;8-10,15H,6-7H2,1-5H3;6-8,13H,1-5H3. The zero-order valence-electron chi connectivity index (χ0n) is 51.2. The first-order valence-corrected chi connectivity index (χ1v) is 33.4. The molecule has 6 rings (SSSR count). The second-order valence-corrected chi connectivity index (χ2v) is 32.3. The number of nitrogens with one attached hydrogen (secondary N) is 4. The van der Waals surface area contributed by atoms with E-state index < -0.39 is 40.3 Å². The zero-order valence-corrected chi connectivity index (χ0v) is 54.4. The summed E-state index contributed by atoms with van der Waals surface area (Å²) in [6.07, 6.45) is 13.2. The predicted molar refractivity (Wildman–Crippen MR) is 330 cm³/mol. The molecule has 458 valence electrons. The number of morpholine rings is 1. The maximum Gasteiger partial charge on any atom is 0.301 e. The summed E-state index contributed by atoms with van der Waals surface area (Å²) in [4.78, 5) is 24.8. The van der Waals surface area contributed by atoms with Crippen molar-refractivity contribution in [1.29, 1.82) is 0 Å². The lowest BCUT2D eigenvalue weighted by atomic mass is 9.88. The first-order chi connectivity index (χ1) is 37.1. The topological polar surface area (TPSA) is 262 Å². The Kier molecular flexibility index (Phi) is 26.4. The lowest BCUT2D eigenvalue weighted by Gasteiger charge is -2.32. The fraction of sp³-hybridized carbons (Fsp3) is 0.636. The molecule has 4 aromatic rings. The van der Waals surface area contributed by atoms with Gasteiger partial charge in [-0.3, -0.25) is 48.6 Å². The van der Waals surface area contributed by atoms with Gasteiger partial charge in [0.1, 0.15) is 0 Å². The van der Waals surface area contributed by atoms with Crippen molar-refractivity contribution >= 4 is 63.0 Å². The van der Waals surface area contributed by atoms with Crippen molar-refractivity contribution in [3.63, 3.8) is 0 Å². The van der Waals surface area contributed by atoms with Crippen molar-refractivity contribution in [2.75, 3.05) is 144 Å². The highest BCUT2D eigenvalue weighted by molar-refractivity contribution is 7.93. The summed E-state index contributed by atoms with van der Waals surface area (Å²) in [5.41, 5.74) is 5.80. The summed E-state index contributed by atoms with van der Waals surface area (Å²) < 4.78 is 113. The van der Waals surface area contributed by atoms with Crippen LogP contribution >= 0.6 is 0 Å². The quantitative estimate of drug-likeness (QED) is 0.0877. The van der Waals surface area contributed by atoms with E-state index >= 15 is 0 Å². The lowest BCUT2D eigenvalue weighted by Crippen LogP contribution is -2.46. The largest absolute Gasteiger partial charge is 0.379 e. The Morgan fingerprint density at radius 1 is 0.444 bits per heavy atom. The van der Waals surface area contributed by atoms with Crippen LogP contribution < -0.4 is 18.9 Å². The molecule has 2 aliphatic heterocycles. The smallest absolute Gasteiger partial charge is 0.301 e. The van der Waals surface area contributed by atoms with E-state index in [-0.39, 0.29) is 38.9 Å². The molecule has 0 spiro atoms. The molecule has 26 heteroatoms. The number of sulfonamides is 3. The number of piperazine rings is 1. The molecule has 4 aromatic heterocycles. The minimum absolute atomic E-state index is 0.0575. The number of anilines is 4. The maximum atomic E-state index is 12.3. The van der Waals surface area contributed by atoms with Crippen LogP contribution in [0.4, 0.5) is 22.7 Å². The summed E-state index contributed by atoms with van der Waals surface area (Å²) in [5, 5.41) is 0. The van der Waals surface area contributed by atoms with Crippen LogP contribution in [0.15, 0.2) is 73.8 Å². The molecule has 0 saturated carbocycles. The van der Waals surface area contributed by atoms with Gasteiger partial charge in [-0.05, 0) is 89.3 Å². The number of hydrogen-bond donors (Lipinski definition) is 4. The number of nitrogens with zero attached hydrogens (tertiary/aromatic N) is 9. The van der Waals surface area contributed by atoms with Crippen LogP contribution in [0.5, 0.6) is 0 Å². The molecule has 4 N–H and O–H groups in total. The van der Waals surface area contributed by atoms with Crippen LogP contribution in [0.25, 0.3) is 0 Å². The van der Waals surface area contributed by atoms with Crippen LogP contribution in [0, 0.1) is 0 Å². The van der Waals surface area contributed by atoms with Crippen molar-refractivity contribution in [3.8, 4) is 0 Å². The Morgan fingerprint density at radius 2 is 0.741 bits per heavy atom. The molecule has 2 fully saturated rings. The van der Waals surface area contributed by atoms with Gasteiger partial charge >= 0.3 is 10.2 Å². The van der Waals surface area contributed by atoms with E-state index in [1.54, 1.807) is 43.2 Å². The fourth-order valence-corrected chi connectivity index (χ4v) is 11.2. The molecular weight excluding hydrogens is 1110 g/mol. The van der Waals surface area contributed by atoms with Gasteiger partial charge in [0.2, 0.25) is 30.1 Å². The Balaban J connectivity index is 0.000000285. The number of hydrogen-bond acceptors (Lipinski definition) is 17. The van der Waals surface area contributed by atoms with Gasteiger partial charge in [-0.15, -0.1) is 0 Å². The number of rotatable bonds is 18. The van der Waals surface area contributed by atoms with E-state index in [2.05, 4.69) is 123 Å². The summed E-state index contributed by atoms with van der Waals surface area (Å²) in [6.45, 7) is 33.1. The van der Waals surface area contributed by atoms with Crippen molar-refractivity contribution in [3.05, 3.63) is 96.1 Å². The highest BCUT2D eigenvalue weighted by atomic mass is 32.2. The molecule has 0 unspecified atom stereocenters. The average molecular weight is 1210 g/mol. The van der Waals surface area contributed by atoms with Crippen molar-refractivity contribution in [2.24, 2.45) is 0 Å². The van der Waals surface area contributed by atoms with Crippen LogP contribution in [-0.4, -0.2) is 202 Å². The van der Waals surface area contributed by atoms with Crippen molar-refractivity contribution < 1.29 is 38.4 Å². The fourth-order valence-electron chi connectivity index (χ4n) is 7.25. The van der Waals surface area contributed by atoms with Crippen LogP contribution in [0.3, 0.4) is 0 Å². The number of likely N-dealkylation sites (N-methyl/N-ethyl adjacent to an activating group) is 1. The third-order valence-corrected chi connectivity index (χ3v) is 18.1. The first kappa shape index (κ1) is 70.6. The number of ether oxygens (including phenoxy) is 1. The molecule has 2 aliphatic rings. The van der Waals surface area contributed by atoms with Gasteiger partial charge < -0.3 is 14.5 Å². The maximum absolute atomic E-state index is 12.3. The molecule has 6 heterocycles. The van der Waals surface area contributed by atoms with Crippen LogP contribution in [-0.2, 0) is 66.7 Å². The average Bonchev–Trinajstić information content (AvgIpc) is 3.35. The van der Waals surface area contributed by atoms with Gasteiger partial charge in [0.25, 0.3) is 0 Å². The summed E-state index contributed by atoms with van der Waals surface area (Å²) >= 11 is 0. The second kappa shape index (κ2) is 30.3. The Labute approximate surface area is 487 Å². The first-order valence-electron chi connectivity index (χ1n) is 27.0. The zero-order chi connectivity index (χ0) is 61.3. The molecule has 0 aliphatic carbocycles. The highest BCUT2D eigenvalue weighted by Gasteiger charge is 2.23. The third-order valence-electron chi connectivity index (χ3n) is 12.8. The van der Waals surface area contributed by atoms with Crippen LogP contribution in [0.1, 0.15) is 105 Å². The molecule has 0 atom stereocenters. The van der Waals surface area contributed by atoms with E-state index in [9.17, 15) is 33.7 Å². The Hall–Kier alpha value is -4.64. The minimum atomic E-state index is -3.47. The number of aromatic nitrogens is 4. The summed E-state index contributed by atoms with van der Waals surface area (Å²) in [7, 11) is -4.79. The normalized spacial score (nSPS) is 15.5. The van der Waals surface area contributed by atoms with Gasteiger partial charge in [0.15, 0.2) is 0 Å². The van der Waals surface area contributed by atoms with Gasteiger partial charge in [-0.25, -0.2) is 25.3 Å². The lowest BCUT2D eigenvalue weighted by molar-refractivity contribution is 0.0408. The van der Waals surface area contributed by atoms with Crippen molar-refractivity contribution in [1.82, 2.24) is 43.8 Å². The van der Waals surface area contributed by atoms with Gasteiger partial charge in [-0.1, -0.05) is 83.1 Å². The molecule has 81 heavy (non-hydrogen) atoms. The molecule has 2 saturated heterocycles. The van der Waals surface area contributed by atoms with Crippen LogP contribution in [0.2, 0.25) is 0 Å². The second-order valence-electron chi connectivity index (χ2n) is 24.9. The molecular formula is C55H95N13O9S4. The SMILES string of the molecule is CC(C)(C)c1cncc(NS(=O)(=O)CCN2CCOCC2)c1.CN(C)CCS(=O)(=O)Nc1cncc(C(C)(C)C)c1.CN(C)S(=O)(=O)Nc1cncc(C(C)(C)C)c1.CN1CCN(CCS(=O)(=O)Nc2cncc(C(C)(C)C)c2)CC1. The predicted octanol–water partition coefficient (Wildman–Crippen LogP) is 6.10. The van der Waals surface area contributed by atoms with E-state index in [1.807, 2.05) is 58.0 Å². The van der Waals surface area contributed by atoms with Gasteiger partial charge in [0.05, 0.1) is 78.0 Å². The monoisotopic (exact) mass is 1210 g/mol. The molecule has 22 nitrogen and oxygen atoms in total. The van der Waals surface area contributed by atoms with Gasteiger partial charge in [0, 0.05) is 97.8 Å². The molecule has 0 radical (unpaired) electrons. The highest BCUT2D eigenvalue weighted by Crippen LogP contribution is 2.27. The molecule has 0 amide bonds. The molecule has 0 bridgehead atoms. The van der Waals surface area contributed by atoms with E-state index in [0.29, 0.717) is 55.6 Å². The number of pyridine rings is 4. The summed E-state index contributed by atoms with van der Waals surface area (Å²) in [5.74, 6) is 0.253. The Morgan fingerprint density at radius 3 is 1.04 bits per heavy atom. The third kappa shape index (κ3) is 27.5. The van der Waals surface area contributed by atoms with E-state index in [1.165, 1.54) is 26.5 Å². The van der Waals surface area contributed by atoms with E-state index in [4.69, 9.17) is 4.74 Å². The Bertz CT molecular complexity index is 3030. The van der Waals surface area contributed by atoms with E-state index in [0.717, 1.165) is 65.8 Å². The van der Waals surface area contributed by atoms with Gasteiger partial charge in [-0.2, -0.15) is 12.7 Å². The molecule has 0 aromatic carbocycles.